The molecule has 0 aromatic heterocycles. The van der Waals surface area contributed by atoms with Crippen LogP contribution < -0.4 is 15.4 Å². The monoisotopic (exact) mass is 383 g/mol. The van der Waals surface area contributed by atoms with Gasteiger partial charge in [0.05, 0.1) is 19.3 Å². The van der Waals surface area contributed by atoms with Crippen molar-refractivity contribution in [1.82, 2.24) is 10.2 Å². The van der Waals surface area contributed by atoms with Crippen LogP contribution in [0.5, 0.6) is 5.75 Å². The zero-order chi connectivity index (χ0) is 17.5. The Balaban J connectivity index is 0.00000243. The number of carbonyl (C=O) groups is 2. The van der Waals surface area contributed by atoms with Gasteiger partial charge in [-0.05, 0) is 43.7 Å². The van der Waals surface area contributed by atoms with Gasteiger partial charge in [0.15, 0.2) is 6.61 Å². The van der Waals surface area contributed by atoms with Gasteiger partial charge in [0.2, 0.25) is 5.91 Å². The van der Waals surface area contributed by atoms with Crippen molar-refractivity contribution < 1.29 is 19.1 Å². The van der Waals surface area contributed by atoms with E-state index in [0.29, 0.717) is 32.1 Å². The number of amides is 2. The average molecular weight is 384 g/mol. The van der Waals surface area contributed by atoms with Gasteiger partial charge in [0.25, 0.3) is 5.91 Å². The zero-order valence-corrected chi connectivity index (χ0v) is 15.6. The Kier molecular flexibility index (Phi) is 8.15. The van der Waals surface area contributed by atoms with Crippen molar-refractivity contribution in [3.63, 3.8) is 0 Å². The maximum Gasteiger partial charge on any atom is 0.260 e. The summed E-state index contributed by atoms with van der Waals surface area (Å²) >= 11 is 0. The molecular formula is C18H26ClN3O4. The van der Waals surface area contributed by atoms with Gasteiger partial charge >= 0.3 is 0 Å². The first-order valence-electron chi connectivity index (χ1n) is 8.85. The van der Waals surface area contributed by atoms with Crippen LogP contribution in [0.3, 0.4) is 0 Å². The van der Waals surface area contributed by atoms with E-state index in [1.807, 2.05) is 0 Å². The number of carbonyl (C=O) groups excluding carboxylic acids is 2. The van der Waals surface area contributed by atoms with Crippen molar-refractivity contribution in [2.45, 2.75) is 25.3 Å². The lowest BCUT2D eigenvalue weighted by atomic mass is 10.0. The number of rotatable bonds is 5. The quantitative estimate of drug-likeness (QED) is 0.804. The Morgan fingerprint density at radius 1 is 1.19 bits per heavy atom. The molecule has 8 heteroatoms. The fourth-order valence-corrected chi connectivity index (χ4v) is 2.99. The molecule has 2 aliphatic rings. The lowest BCUT2D eigenvalue weighted by molar-refractivity contribution is -0.137. The Labute approximate surface area is 159 Å². The van der Waals surface area contributed by atoms with E-state index in [0.717, 1.165) is 31.5 Å². The van der Waals surface area contributed by atoms with Gasteiger partial charge in [-0.15, -0.1) is 12.4 Å². The summed E-state index contributed by atoms with van der Waals surface area (Å²) in [6, 6.07) is 6.98. The van der Waals surface area contributed by atoms with Gasteiger partial charge in [-0.25, -0.2) is 0 Å². The molecule has 0 aliphatic carbocycles. The molecule has 0 radical (unpaired) electrons. The topological polar surface area (TPSA) is 79.9 Å². The maximum atomic E-state index is 12.2. The van der Waals surface area contributed by atoms with Crippen molar-refractivity contribution in [3.8, 4) is 5.75 Å². The molecule has 2 aliphatic heterocycles. The summed E-state index contributed by atoms with van der Waals surface area (Å²) in [4.78, 5) is 26.0. The van der Waals surface area contributed by atoms with E-state index >= 15 is 0 Å². The third-order valence-corrected chi connectivity index (χ3v) is 4.47. The Hall–Kier alpha value is -1.83. The minimum absolute atomic E-state index is 0. The summed E-state index contributed by atoms with van der Waals surface area (Å²) in [7, 11) is 0. The highest BCUT2D eigenvalue weighted by Gasteiger charge is 2.20. The minimum Gasteiger partial charge on any atom is -0.484 e. The molecule has 7 nitrogen and oxygen atoms in total. The lowest BCUT2D eigenvalue weighted by Gasteiger charge is -2.26. The zero-order valence-electron chi connectivity index (χ0n) is 14.7. The van der Waals surface area contributed by atoms with E-state index in [4.69, 9.17) is 9.47 Å². The Morgan fingerprint density at radius 2 is 1.92 bits per heavy atom. The first kappa shape index (κ1) is 20.5. The third kappa shape index (κ3) is 5.86. The fourth-order valence-electron chi connectivity index (χ4n) is 2.99. The second-order valence-electron chi connectivity index (χ2n) is 6.30. The second kappa shape index (κ2) is 10.4. The summed E-state index contributed by atoms with van der Waals surface area (Å²) in [5, 5.41) is 6.14. The summed E-state index contributed by atoms with van der Waals surface area (Å²) in [5.74, 6) is 0.565. The normalized spacial score (nSPS) is 20.0. The Morgan fingerprint density at radius 3 is 2.58 bits per heavy atom. The predicted octanol–water partition coefficient (Wildman–Crippen LogP) is 1.43. The molecule has 0 saturated carbocycles. The van der Waals surface area contributed by atoms with Gasteiger partial charge < -0.3 is 25.0 Å². The molecule has 26 heavy (non-hydrogen) atoms. The molecule has 1 aromatic carbocycles. The van der Waals surface area contributed by atoms with E-state index in [1.165, 1.54) is 0 Å². The number of nitrogens with zero attached hydrogens (tertiary/aromatic N) is 1. The number of nitrogens with one attached hydrogen (secondary N) is 2. The SMILES string of the molecule is Cl.O=C(Nc1ccc(OCC(=O)N2CCOCC2)cc1)[C@H]1CCCCN1. The molecule has 2 amide bonds. The van der Waals surface area contributed by atoms with Gasteiger partial charge in [0.1, 0.15) is 5.75 Å². The summed E-state index contributed by atoms with van der Waals surface area (Å²) in [6.45, 7) is 3.29. The van der Waals surface area contributed by atoms with E-state index < -0.39 is 0 Å². The smallest absolute Gasteiger partial charge is 0.260 e. The Bertz CT molecular complexity index is 585. The molecule has 3 rings (SSSR count). The van der Waals surface area contributed by atoms with Crippen LogP contribution >= 0.6 is 12.4 Å². The highest BCUT2D eigenvalue weighted by molar-refractivity contribution is 5.94. The van der Waals surface area contributed by atoms with Crippen LogP contribution in [-0.4, -0.2) is 62.2 Å². The van der Waals surface area contributed by atoms with Crippen molar-refractivity contribution in [1.29, 1.82) is 0 Å². The molecule has 144 valence electrons. The van der Waals surface area contributed by atoms with Crippen LogP contribution in [0.25, 0.3) is 0 Å². The number of ether oxygens (including phenoxy) is 2. The number of hydrogen-bond donors (Lipinski definition) is 2. The highest BCUT2D eigenvalue weighted by Crippen LogP contribution is 2.17. The molecule has 1 aromatic rings. The second-order valence-corrected chi connectivity index (χ2v) is 6.30. The lowest BCUT2D eigenvalue weighted by Crippen LogP contribution is -2.43. The van der Waals surface area contributed by atoms with E-state index in [1.54, 1.807) is 29.2 Å². The number of hydrogen-bond acceptors (Lipinski definition) is 5. The molecule has 0 unspecified atom stereocenters. The number of morpholine rings is 1. The van der Waals surface area contributed by atoms with Crippen molar-refractivity contribution in [2.24, 2.45) is 0 Å². The predicted molar refractivity (Wildman–Crippen MR) is 101 cm³/mol. The molecular weight excluding hydrogens is 358 g/mol. The molecule has 0 spiro atoms. The largest absolute Gasteiger partial charge is 0.484 e. The maximum absolute atomic E-state index is 12.2. The van der Waals surface area contributed by atoms with Gasteiger partial charge in [-0.3, -0.25) is 9.59 Å². The van der Waals surface area contributed by atoms with Crippen LogP contribution in [0.4, 0.5) is 5.69 Å². The molecule has 2 fully saturated rings. The van der Waals surface area contributed by atoms with Crippen molar-refractivity contribution in [3.05, 3.63) is 24.3 Å². The van der Waals surface area contributed by atoms with Crippen LogP contribution in [0, 0.1) is 0 Å². The first-order valence-corrected chi connectivity index (χ1v) is 8.85. The van der Waals surface area contributed by atoms with Crippen molar-refractivity contribution in [2.75, 3.05) is 44.8 Å². The van der Waals surface area contributed by atoms with Gasteiger partial charge in [-0.2, -0.15) is 0 Å². The van der Waals surface area contributed by atoms with Crippen LogP contribution in [0.15, 0.2) is 24.3 Å². The highest BCUT2D eigenvalue weighted by atomic mass is 35.5. The van der Waals surface area contributed by atoms with Crippen molar-refractivity contribution >= 4 is 29.9 Å². The van der Waals surface area contributed by atoms with Crippen LogP contribution in [0.2, 0.25) is 0 Å². The van der Waals surface area contributed by atoms with E-state index in [-0.39, 0.29) is 36.9 Å². The summed E-state index contributed by atoms with van der Waals surface area (Å²) < 4.78 is 10.8. The first-order chi connectivity index (χ1) is 12.2. The van der Waals surface area contributed by atoms with Gasteiger partial charge in [-0.1, -0.05) is 6.42 Å². The molecule has 2 saturated heterocycles. The van der Waals surface area contributed by atoms with Gasteiger partial charge in [0, 0.05) is 18.8 Å². The molecule has 0 bridgehead atoms. The third-order valence-electron chi connectivity index (χ3n) is 4.47. The molecule has 2 heterocycles. The number of piperidine rings is 1. The number of halogens is 1. The average Bonchev–Trinajstić information content (AvgIpc) is 2.68. The standard InChI is InChI=1S/C18H25N3O4.ClH/c22-17(21-9-11-24-12-10-21)13-25-15-6-4-14(5-7-15)20-18(23)16-3-1-2-8-19-16;/h4-7,16,19H,1-3,8-13H2,(H,20,23);1H/t16-;/m1./s1. The number of benzene rings is 1. The van der Waals surface area contributed by atoms with Crippen LogP contribution in [-0.2, 0) is 14.3 Å². The van der Waals surface area contributed by atoms with E-state index in [9.17, 15) is 9.59 Å². The van der Waals surface area contributed by atoms with Crippen LogP contribution in [0.1, 0.15) is 19.3 Å². The van der Waals surface area contributed by atoms with E-state index in [2.05, 4.69) is 10.6 Å². The minimum atomic E-state index is -0.115. The molecule has 1 atom stereocenters. The summed E-state index contributed by atoms with van der Waals surface area (Å²) in [6.07, 6.45) is 3.07. The summed E-state index contributed by atoms with van der Waals surface area (Å²) in [5.41, 5.74) is 0.726. The fraction of sp³-hybridized carbons (Fsp3) is 0.556. The molecule has 2 N–H and O–H groups in total. The number of anilines is 1.